The quantitative estimate of drug-likeness (QED) is 0.783. The topological polar surface area (TPSA) is 90.1 Å². The number of aromatic nitrogens is 4. The number of hydrogen-bond donors (Lipinski definition) is 1. The number of ether oxygens (including phenoxy) is 1. The minimum Gasteiger partial charge on any atom is -0.476 e. The Labute approximate surface area is 109 Å². The van der Waals surface area contributed by atoms with Crippen molar-refractivity contribution in [3.63, 3.8) is 0 Å². The second-order valence-electron chi connectivity index (χ2n) is 3.90. The number of carboxylic acids is 1. The van der Waals surface area contributed by atoms with Crippen LogP contribution in [0, 0.1) is 0 Å². The molecule has 0 saturated carbocycles. The highest BCUT2D eigenvalue weighted by atomic mass is 16.5. The van der Waals surface area contributed by atoms with Crippen molar-refractivity contribution < 1.29 is 14.6 Å². The van der Waals surface area contributed by atoms with Crippen molar-refractivity contribution in [3.8, 4) is 11.3 Å². The van der Waals surface area contributed by atoms with E-state index >= 15 is 0 Å². The molecule has 7 nitrogen and oxygen atoms in total. The highest BCUT2D eigenvalue weighted by molar-refractivity contribution is 5.92. The minimum atomic E-state index is -1.10. The van der Waals surface area contributed by atoms with Crippen LogP contribution in [0.15, 0.2) is 24.5 Å². The Kier molecular flexibility index (Phi) is 4.19. The van der Waals surface area contributed by atoms with Crippen LogP contribution in [0.2, 0.25) is 0 Å². The van der Waals surface area contributed by atoms with Gasteiger partial charge in [0, 0.05) is 38.2 Å². The summed E-state index contributed by atoms with van der Waals surface area (Å²) in [6, 6.07) is 3.53. The molecule has 2 rings (SSSR count). The largest absolute Gasteiger partial charge is 0.476 e. The van der Waals surface area contributed by atoms with Crippen molar-refractivity contribution in [1.82, 2.24) is 20.0 Å². The summed E-state index contributed by atoms with van der Waals surface area (Å²) in [7, 11) is 1.62. The summed E-state index contributed by atoms with van der Waals surface area (Å²) in [5.74, 6) is -1.10. The first kappa shape index (κ1) is 13.2. The van der Waals surface area contributed by atoms with Gasteiger partial charge in [-0.25, -0.2) is 9.48 Å². The molecule has 2 aromatic heterocycles. The van der Waals surface area contributed by atoms with Gasteiger partial charge in [-0.15, -0.1) is 5.10 Å². The zero-order chi connectivity index (χ0) is 13.7. The number of pyridine rings is 1. The van der Waals surface area contributed by atoms with Crippen LogP contribution in [0.1, 0.15) is 16.9 Å². The molecule has 100 valence electrons. The van der Waals surface area contributed by atoms with E-state index in [0.717, 1.165) is 6.42 Å². The third-order valence-electron chi connectivity index (χ3n) is 2.59. The van der Waals surface area contributed by atoms with Gasteiger partial charge in [0.05, 0.1) is 0 Å². The lowest BCUT2D eigenvalue weighted by molar-refractivity contribution is 0.0691. The summed E-state index contributed by atoms with van der Waals surface area (Å²) < 4.78 is 6.54. The first-order valence-corrected chi connectivity index (χ1v) is 5.80. The molecular weight excluding hydrogens is 248 g/mol. The van der Waals surface area contributed by atoms with Gasteiger partial charge >= 0.3 is 5.97 Å². The predicted octanol–water partition coefficient (Wildman–Crippen LogP) is 1.07. The molecule has 2 aromatic rings. The van der Waals surface area contributed by atoms with Crippen molar-refractivity contribution in [2.45, 2.75) is 13.0 Å². The molecule has 0 unspecified atom stereocenters. The molecule has 0 amide bonds. The van der Waals surface area contributed by atoms with E-state index in [2.05, 4.69) is 15.3 Å². The Hall–Kier alpha value is -2.28. The van der Waals surface area contributed by atoms with Crippen LogP contribution >= 0.6 is 0 Å². The minimum absolute atomic E-state index is 0.0644. The molecule has 0 aliphatic rings. The lowest BCUT2D eigenvalue weighted by atomic mass is 10.1. The van der Waals surface area contributed by atoms with E-state index < -0.39 is 5.97 Å². The second-order valence-corrected chi connectivity index (χ2v) is 3.90. The van der Waals surface area contributed by atoms with Gasteiger partial charge in [-0.2, -0.15) is 0 Å². The van der Waals surface area contributed by atoms with Crippen LogP contribution in [0.4, 0.5) is 0 Å². The highest BCUT2D eigenvalue weighted by Crippen LogP contribution is 2.21. The van der Waals surface area contributed by atoms with Gasteiger partial charge in [-0.3, -0.25) is 4.98 Å². The summed E-state index contributed by atoms with van der Waals surface area (Å²) >= 11 is 0. The molecule has 0 aromatic carbocycles. The van der Waals surface area contributed by atoms with Crippen molar-refractivity contribution in [2.75, 3.05) is 13.7 Å². The van der Waals surface area contributed by atoms with Crippen LogP contribution in [-0.2, 0) is 11.3 Å². The average Bonchev–Trinajstić information content (AvgIpc) is 2.84. The molecular formula is C12H14N4O3. The van der Waals surface area contributed by atoms with E-state index in [1.807, 2.05) is 0 Å². The third-order valence-corrected chi connectivity index (χ3v) is 2.59. The smallest absolute Gasteiger partial charge is 0.358 e. The summed E-state index contributed by atoms with van der Waals surface area (Å²) in [5.41, 5.74) is 1.09. The fraction of sp³-hybridized carbons (Fsp3) is 0.333. The van der Waals surface area contributed by atoms with Gasteiger partial charge < -0.3 is 9.84 Å². The second kappa shape index (κ2) is 6.05. The standard InChI is InChI=1S/C12H14N4O3/c1-19-7-3-6-16-11(9-4-2-5-13-8-9)10(12(17)18)14-15-16/h2,4-5,8H,3,6-7H2,1H3,(H,17,18). The molecule has 2 heterocycles. The van der Waals surface area contributed by atoms with Crippen LogP contribution in [-0.4, -0.2) is 44.8 Å². The van der Waals surface area contributed by atoms with Gasteiger partial charge in [-0.05, 0) is 18.6 Å². The fourth-order valence-corrected chi connectivity index (χ4v) is 1.76. The number of carbonyl (C=O) groups is 1. The maximum atomic E-state index is 11.2. The Morgan fingerprint density at radius 3 is 3.00 bits per heavy atom. The molecule has 0 aliphatic heterocycles. The zero-order valence-corrected chi connectivity index (χ0v) is 10.5. The van der Waals surface area contributed by atoms with Gasteiger partial charge in [0.1, 0.15) is 5.69 Å². The molecule has 0 bridgehead atoms. The van der Waals surface area contributed by atoms with Crippen LogP contribution in [0.5, 0.6) is 0 Å². The molecule has 1 N–H and O–H groups in total. The van der Waals surface area contributed by atoms with Crippen molar-refractivity contribution >= 4 is 5.97 Å². The van der Waals surface area contributed by atoms with Crippen LogP contribution in [0.3, 0.4) is 0 Å². The molecule has 0 atom stereocenters. The molecule has 0 radical (unpaired) electrons. The van der Waals surface area contributed by atoms with Crippen molar-refractivity contribution in [3.05, 3.63) is 30.2 Å². The van der Waals surface area contributed by atoms with Gasteiger partial charge in [0.25, 0.3) is 0 Å². The van der Waals surface area contributed by atoms with Gasteiger partial charge in [0.15, 0.2) is 5.69 Å². The summed E-state index contributed by atoms with van der Waals surface area (Å²) in [5, 5.41) is 16.8. The first-order valence-electron chi connectivity index (χ1n) is 5.80. The Morgan fingerprint density at radius 2 is 2.37 bits per heavy atom. The maximum absolute atomic E-state index is 11.2. The number of aromatic carboxylic acids is 1. The van der Waals surface area contributed by atoms with Gasteiger partial charge in [0.2, 0.25) is 0 Å². The SMILES string of the molecule is COCCCn1nnc(C(=O)O)c1-c1cccnc1. The average molecular weight is 262 g/mol. The first-order chi connectivity index (χ1) is 9.24. The number of carboxylic acid groups (broad SMARTS) is 1. The van der Waals surface area contributed by atoms with Gasteiger partial charge in [-0.1, -0.05) is 5.21 Å². The number of methoxy groups -OCH3 is 1. The van der Waals surface area contributed by atoms with E-state index in [1.54, 1.807) is 36.3 Å². The van der Waals surface area contributed by atoms with E-state index in [1.165, 1.54) is 0 Å². The van der Waals surface area contributed by atoms with Crippen LogP contribution < -0.4 is 0 Å². The highest BCUT2D eigenvalue weighted by Gasteiger charge is 2.20. The van der Waals surface area contributed by atoms with Crippen molar-refractivity contribution in [1.29, 1.82) is 0 Å². The number of hydrogen-bond acceptors (Lipinski definition) is 5. The Balaban J connectivity index is 2.37. The maximum Gasteiger partial charge on any atom is 0.358 e. The zero-order valence-electron chi connectivity index (χ0n) is 10.5. The third kappa shape index (κ3) is 2.94. The molecule has 0 aliphatic carbocycles. The number of aryl methyl sites for hydroxylation is 1. The van der Waals surface area contributed by atoms with E-state index in [-0.39, 0.29) is 5.69 Å². The molecule has 0 saturated heterocycles. The fourth-order valence-electron chi connectivity index (χ4n) is 1.76. The monoisotopic (exact) mass is 262 g/mol. The normalized spacial score (nSPS) is 10.6. The molecule has 0 fully saturated rings. The van der Waals surface area contributed by atoms with E-state index in [9.17, 15) is 4.79 Å². The van der Waals surface area contributed by atoms with E-state index in [0.29, 0.717) is 24.4 Å². The predicted molar refractivity (Wildman–Crippen MR) is 66.7 cm³/mol. The van der Waals surface area contributed by atoms with E-state index in [4.69, 9.17) is 9.84 Å². The number of nitrogens with zero attached hydrogens (tertiary/aromatic N) is 4. The van der Waals surface area contributed by atoms with Crippen LogP contribution in [0.25, 0.3) is 11.3 Å². The molecule has 19 heavy (non-hydrogen) atoms. The summed E-state index contributed by atoms with van der Waals surface area (Å²) in [4.78, 5) is 15.2. The number of rotatable bonds is 6. The molecule has 7 heteroatoms. The Morgan fingerprint density at radius 1 is 1.53 bits per heavy atom. The molecule has 0 spiro atoms. The van der Waals surface area contributed by atoms with Crippen molar-refractivity contribution in [2.24, 2.45) is 0 Å². The lowest BCUT2D eigenvalue weighted by Gasteiger charge is -2.06. The lowest BCUT2D eigenvalue weighted by Crippen LogP contribution is -2.07. The summed E-state index contributed by atoms with van der Waals surface area (Å²) in [6.07, 6.45) is 3.95. The Bertz CT molecular complexity index is 553. The summed E-state index contributed by atoms with van der Waals surface area (Å²) in [6.45, 7) is 1.12.